The fraction of sp³-hybridized carbons (Fsp3) is 0.818. The summed E-state index contributed by atoms with van der Waals surface area (Å²) in [7, 11) is 0. The molecule has 1 rings (SSSR count). The number of amides is 2. The summed E-state index contributed by atoms with van der Waals surface area (Å²) < 4.78 is 5.06. The molecule has 5 nitrogen and oxygen atoms in total. The minimum atomic E-state index is -0.160. The first kappa shape index (κ1) is 13.0. The Morgan fingerprint density at radius 3 is 2.69 bits per heavy atom. The van der Waals surface area contributed by atoms with Gasteiger partial charge in [0.25, 0.3) is 0 Å². The van der Waals surface area contributed by atoms with Crippen LogP contribution in [0.4, 0.5) is 0 Å². The molecule has 0 heterocycles. The van der Waals surface area contributed by atoms with Gasteiger partial charge in [-0.1, -0.05) is 6.92 Å². The first-order valence-electron chi connectivity index (χ1n) is 5.86. The Kier molecular flexibility index (Phi) is 5.85. The Balaban J connectivity index is 1.92. The molecule has 0 aromatic rings. The smallest absolute Gasteiger partial charge is 0.246 e. The van der Waals surface area contributed by atoms with Crippen LogP contribution in [0, 0.1) is 0 Å². The van der Waals surface area contributed by atoms with Crippen LogP contribution in [0.1, 0.15) is 32.6 Å². The maximum absolute atomic E-state index is 11.2. The molecule has 92 valence electrons. The summed E-state index contributed by atoms with van der Waals surface area (Å²) in [5.41, 5.74) is 0. The van der Waals surface area contributed by atoms with E-state index in [1.54, 1.807) is 0 Å². The average molecular weight is 228 g/mol. The summed E-state index contributed by atoms with van der Waals surface area (Å²) in [6.07, 6.45) is 3.42. The van der Waals surface area contributed by atoms with Gasteiger partial charge >= 0.3 is 0 Å². The van der Waals surface area contributed by atoms with E-state index in [2.05, 4.69) is 10.6 Å². The summed E-state index contributed by atoms with van der Waals surface area (Å²) in [5.74, 6) is -0.148. The van der Waals surface area contributed by atoms with Gasteiger partial charge in [-0.25, -0.2) is 0 Å². The van der Waals surface area contributed by atoms with Crippen molar-refractivity contribution >= 4 is 11.8 Å². The first-order chi connectivity index (χ1) is 7.72. The van der Waals surface area contributed by atoms with Gasteiger partial charge in [0.2, 0.25) is 11.8 Å². The van der Waals surface area contributed by atoms with Gasteiger partial charge in [0.1, 0.15) is 6.61 Å². The highest BCUT2D eigenvalue weighted by atomic mass is 16.5. The standard InChI is InChI=1S/C11H20N2O3/c1-2-7-16-8-11(15)12-6-5-10(14)13-9-3-4-9/h9H,2-8H2,1H3,(H,12,15)(H,13,14). The molecule has 0 aromatic carbocycles. The van der Waals surface area contributed by atoms with Crippen molar-refractivity contribution < 1.29 is 14.3 Å². The van der Waals surface area contributed by atoms with E-state index in [4.69, 9.17) is 4.74 Å². The second kappa shape index (κ2) is 7.22. The molecule has 0 atom stereocenters. The van der Waals surface area contributed by atoms with Crippen LogP contribution in [0.25, 0.3) is 0 Å². The van der Waals surface area contributed by atoms with E-state index in [0.29, 0.717) is 25.6 Å². The Labute approximate surface area is 95.9 Å². The van der Waals surface area contributed by atoms with Gasteiger partial charge in [-0.05, 0) is 19.3 Å². The molecule has 1 aliphatic carbocycles. The summed E-state index contributed by atoms with van der Waals surface area (Å²) in [6.45, 7) is 3.04. The van der Waals surface area contributed by atoms with Crippen LogP contribution in [0.3, 0.4) is 0 Å². The molecular weight excluding hydrogens is 208 g/mol. The molecule has 1 aliphatic rings. The van der Waals surface area contributed by atoms with E-state index in [1.165, 1.54) is 0 Å². The largest absolute Gasteiger partial charge is 0.372 e. The van der Waals surface area contributed by atoms with Crippen molar-refractivity contribution in [3.8, 4) is 0 Å². The van der Waals surface area contributed by atoms with Gasteiger partial charge in [0.15, 0.2) is 0 Å². The van der Waals surface area contributed by atoms with E-state index in [1.807, 2.05) is 6.92 Å². The van der Waals surface area contributed by atoms with Crippen LogP contribution < -0.4 is 10.6 Å². The lowest BCUT2D eigenvalue weighted by Gasteiger charge is -2.06. The van der Waals surface area contributed by atoms with Gasteiger partial charge < -0.3 is 15.4 Å². The van der Waals surface area contributed by atoms with Gasteiger partial charge in [0, 0.05) is 25.6 Å². The molecule has 1 saturated carbocycles. The fourth-order valence-corrected chi connectivity index (χ4v) is 1.20. The number of ether oxygens (including phenoxy) is 1. The Morgan fingerprint density at radius 2 is 2.06 bits per heavy atom. The van der Waals surface area contributed by atoms with Gasteiger partial charge in [-0.15, -0.1) is 0 Å². The summed E-state index contributed by atoms with van der Waals surface area (Å²) in [5, 5.41) is 5.50. The number of nitrogens with one attached hydrogen (secondary N) is 2. The highest BCUT2D eigenvalue weighted by molar-refractivity contribution is 5.79. The number of carbonyl (C=O) groups excluding carboxylic acids is 2. The van der Waals surface area contributed by atoms with Crippen LogP contribution >= 0.6 is 0 Å². The summed E-state index contributed by atoms with van der Waals surface area (Å²) in [6, 6.07) is 0.385. The minimum Gasteiger partial charge on any atom is -0.372 e. The monoisotopic (exact) mass is 228 g/mol. The molecule has 5 heteroatoms. The van der Waals surface area contributed by atoms with Crippen molar-refractivity contribution in [2.24, 2.45) is 0 Å². The zero-order valence-corrected chi connectivity index (χ0v) is 9.75. The molecule has 16 heavy (non-hydrogen) atoms. The second-order valence-electron chi connectivity index (χ2n) is 3.99. The Bertz CT molecular complexity index is 239. The lowest BCUT2D eigenvalue weighted by molar-refractivity contribution is -0.126. The van der Waals surface area contributed by atoms with Crippen molar-refractivity contribution in [1.29, 1.82) is 0 Å². The minimum absolute atomic E-state index is 0.0114. The first-order valence-corrected chi connectivity index (χ1v) is 5.86. The van der Waals surface area contributed by atoms with Crippen LogP contribution in [0.2, 0.25) is 0 Å². The van der Waals surface area contributed by atoms with Crippen LogP contribution in [0.5, 0.6) is 0 Å². The number of carbonyl (C=O) groups is 2. The predicted octanol–water partition coefficient (Wildman–Crippen LogP) is 0.198. The zero-order valence-electron chi connectivity index (χ0n) is 9.75. The summed E-state index contributed by atoms with van der Waals surface area (Å²) in [4.78, 5) is 22.4. The molecule has 0 aliphatic heterocycles. The molecule has 0 bridgehead atoms. The lowest BCUT2D eigenvalue weighted by atomic mass is 10.4. The quantitative estimate of drug-likeness (QED) is 0.583. The molecule has 0 aromatic heterocycles. The molecule has 2 amide bonds. The predicted molar refractivity (Wildman–Crippen MR) is 59.9 cm³/mol. The molecule has 0 spiro atoms. The van der Waals surface area contributed by atoms with E-state index >= 15 is 0 Å². The van der Waals surface area contributed by atoms with Crippen LogP contribution in [-0.2, 0) is 14.3 Å². The maximum Gasteiger partial charge on any atom is 0.246 e. The molecule has 0 saturated heterocycles. The van der Waals surface area contributed by atoms with E-state index in [0.717, 1.165) is 19.3 Å². The SMILES string of the molecule is CCCOCC(=O)NCCC(=O)NC1CC1. The third-order valence-electron chi connectivity index (χ3n) is 2.20. The molecular formula is C11H20N2O3. The van der Waals surface area contributed by atoms with Crippen molar-refractivity contribution in [2.45, 2.75) is 38.6 Å². The lowest BCUT2D eigenvalue weighted by Crippen LogP contribution is -2.33. The second-order valence-corrected chi connectivity index (χ2v) is 3.99. The van der Waals surface area contributed by atoms with Crippen molar-refractivity contribution in [3.63, 3.8) is 0 Å². The van der Waals surface area contributed by atoms with E-state index < -0.39 is 0 Å². The van der Waals surface area contributed by atoms with Gasteiger partial charge in [-0.3, -0.25) is 9.59 Å². The number of rotatable bonds is 8. The fourth-order valence-electron chi connectivity index (χ4n) is 1.20. The maximum atomic E-state index is 11.2. The Morgan fingerprint density at radius 1 is 1.31 bits per heavy atom. The van der Waals surface area contributed by atoms with Crippen LogP contribution in [-0.4, -0.2) is 37.6 Å². The zero-order chi connectivity index (χ0) is 11.8. The van der Waals surface area contributed by atoms with Crippen molar-refractivity contribution in [1.82, 2.24) is 10.6 Å². The molecule has 0 radical (unpaired) electrons. The molecule has 0 unspecified atom stereocenters. The summed E-state index contributed by atoms with van der Waals surface area (Å²) >= 11 is 0. The van der Waals surface area contributed by atoms with Gasteiger partial charge in [0.05, 0.1) is 0 Å². The normalized spacial score (nSPS) is 14.6. The third-order valence-corrected chi connectivity index (χ3v) is 2.20. The van der Waals surface area contributed by atoms with Gasteiger partial charge in [-0.2, -0.15) is 0 Å². The highest BCUT2D eigenvalue weighted by Crippen LogP contribution is 2.18. The van der Waals surface area contributed by atoms with Crippen molar-refractivity contribution in [3.05, 3.63) is 0 Å². The number of hydrogen-bond donors (Lipinski definition) is 2. The van der Waals surface area contributed by atoms with Crippen LogP contribution in [0.15, 0.2) is 0 Å². The topological polar surface area (TPSA) is 67.4 Å². The van der Waals surface area contributed by atoms with E-state index in [9.17, 15) is 9.59 Å². The Hall–Kier alpha value is -1.10. The van der Waals surface area contributed by atoms with E-state index in [-0.39, 0.29) is 18.4 Å². The van der Waals surface area contributed by atoms with Crippen molar-refractivity contribution in [2.75, 3.05) is 19.8 Å². The average Bonchev–Trinajstić information content (AvgIpc) is 3.02. The molecule has 1 fully saturated rings. The third kappa shape index (κ3) is 6.40. The number of hydrogen-bond acceptors (Lipinski definition) is 3. The molecule has 2 N–H and O–H groups in total. The highest BCUT2D eigenvalue weighted by Gasteiger charge is 2.22.